The minimum Gasteiger partial charge on any atom is -0.598 e. The van der Waals surface area contributed by atoms with Crippen molar-refractivity contribution in [3.63, 3.8) is 0 Å². The molecule has 2 N–H and O–H groups in total. The van der Waals surface area contributed by atoms with Gasteiger partial charge in [-0.3, -0.25) is 0 Å². The summed E-state index contributed by atoms with van der Waals surface area (Å²) in [6, 6.07) is 1.79. The number of pyridine rings is 1. The number of hydrogen-bond acceptors (Lipinski definition) is 4. The Morgan fingerprint density at radius 1 is 1.27 bits per heavy atom. The van der Waals surface area contributed by atoms with Crippen LogP contribution in [0.2, 0.25) is 0 Å². The molecule has 0 aliphatic heterocycles. The number of aliphatic hydroxyl groups is 1. The molecule has 1 aromatic rings. The Hall–Kier alpha value is -0.560. The maximum atomic E-state index is 14.2. The largest absolute Gasteiger partial charge is 0.598 e. The highest BCUT2D eigenvalue weighted by atomic mass is 79.9. The minimum atomic E-state index is -5.24. The van der Waals surface area contributed by atoms with E-state index >= 15 is 0 Å². The van der Waals surface area contributed by atoms with Crippen LogP contribution in [0.3, 0.4) is 0 Å². The van der Waals surface area contributed by atoms with E-state index < -0.39 is 58.3 Å². The second-order valence-electron chi connectivity index (χ2n) is 6.48. The lowest BCUT2D eigenvalue weighted by Gasteiger charge is -2.37. The van der Waals surface area contributed by atoms with Crippen LogP contribution in [0.15, 0.2) is 16.7 Å². The predicted molar refractivity (Wildman–Crippen MR) is 87.3 cm³/mol. The van der Waals surface area contributed by atoms with Gasteiger partial charge in [0, 0.05) is 17.8 Å². The molecule has 1 rings (SSSR count). The van der Waals surface area contributed by atoms with Crippen LogP contribution in [0, 0.1) is 5.82 Å². The zero-order valence-corrected chi connectivity index (χ0v) is 16.3. The van der Waals surface area contributed by atoms with Gasteiger partial charge < -0.3 is 9.66 Å². The van der Waals surface area contributed by atoms with Crippen LogP contribution >= 0.6 is 15.9 Å². The Bertz CT molecular complexity index is 604. The van der Waals surface area contributed by atoms with Gasteiger partial charge in [-0.2, -0.15) is 13.2 Å². The average molecular weight is 471 g/mol. The number of rotatable bonds is 6. The monoisotopic (exact) mass is 470 g/mol. The fourth-order valence-corrected chi connectivity index (χ4v) is 3.11. The Balaban J connectivity index is 3.57. The average Bonchev–Trinajstić information content (AvgIpc) is 2.46. The van der Waals surface area contributed by atoms with Crippen molar-refractivity contribution in [3.05, 3.63) is 28.2 Å². The van der Waals surface area contributed by atoms with Crippen molar-refractivity contribution in [2.45, 2.75) is 56.2 Å². The lowest BCUT2D eigenvalue weighted by molar-refractivity contribution is -0.214. The maximum Gasteiger partial charge on any atom is 0.414 e. The van der Waals surface area contributed by atoms with Gasteiger partial charge in [0.25, 0.3) is 6.43 Å². The number of nitrogens with one attached hydrogen (secondary N) is 1. The summed E-state index contributed by atoms with van der Waals surface area (Å²) in [5, 5.41) is 9.35. The summed E-state index contributed by atoms with van der Waals surface area (Å²) in [4.78, 5) is 3.52. The van der Waals surface area contributed by atoms with E-state index in [-0.39, 0.29) is 4.60 Å². The molecule has 12 heteroatoms. The summed E-state index contributed by atoms with van der Waals surface area (Å²) in [6.07, 6.45) is -13.8. The SMILES string of the molecule is CC(C)(C)[S+]([O-])N[C@](C[C@@H](O)C(F)(F)F)(c1nc(Br)ccc1F)C(F)F. The first-order chi connectivity index (χ1) is 11.6. The van der Waals surface area contributed by atoms with Crippen molar-refractivity contribution in [1.29, 1.82) is 0 Å². The molecular weight excluding hydrogens is 454 g/mol. The molecule has 26 heavy (non-hydrogen) atoms. The Kier molecular flexibility index (Phi) is 7.41. The van der Waals surface area contributed by atoms with Gasteiger partial charge in [-0.1, -0.05) is 0 Å². The van der Waals surface area contributed by atoms with E-state index in [0.717, 1.165) is 12.1 Å². The normalized spacial score (nSPS) is 17.9. The third kappa shape index (κ3) is 5.47. The van der Waals surface area contributed by atoms with Crippen molar-refractivity contribution < 1.29 is 36.0 Å². The topological polar surface area (TPSA) is 68.2 Å². The summed E-state index contributed by atoms with van der Waals surface area (Å²) in [6.45, 7) is 4.16. The standard InChI is InChI=1S/C14H17BrF6N2O2S/c1-12(2,3)26(25)23-13(11(17)18,6-8(24)14(19,20)21)10-7(16)4-5-9(15)22-10/h4-5,8,11,23-24H,6H2,1-3H3/t8-,13-,26?/m1/s1. The van der Waals surface area contributed by atoms with Crippen LogP contribution in [0.25, 0.3) is 0 Å². The van der Waals surface area contributed by atoms with Crippen molar-refractivity contribution >= 4 is 27.3 Å². The molecule has 4 nitrogen and oxygen atoms in total. The fraction of sp³-hybridized carbons (Fsp3) is 0.643. The number of aliphatic hydroxyl groups excluding tert-OH is 1. The molecule has 0 amide bonds. The number of alkyl halides is 5. The van der Waals surface area contributed by atoms with Gasteiger partial charge in [0.05, 0.1) is 0 Å². The minimum absolute atomic E-state index is 0.122. The molecule has 0 spiro atoms. The molecular formula is C14H17BrF6N2O2S. The van der Waals surface area contributed by atoms with Crippen LogP contribution in [0.5, 0.6) is 0 Å². The Morgan fingerprint density at radius 3 is 2.23 bits per heavy atom. The molecule has 0 aromatic carbocycles. The molecule has 0 saturated carbocycles. The van der Waals surface area contributed by atoms with E-state index in [1.165, 1.54) is 20.8 Å². The molecule has 0 saturated heterocycles. The van der Waals surface area contributed by atoms with Gasteiger partial charge in [0.2, 0.25) is 0 Å². The van der Waals surface area contributed by atoms with Gasteiger partial charge in [-0.25, -0.2) is 18.2 Å². The van der Waals surface area contributed by atoms with E-state index in [9.17, 15) is 36.0 Å². The molecule has 0 fully saturated rings. The smallest absolute Gasteiger partial charge is 0.414 e. The number of aromatic nitrogens is 1. The summed E-state index contributed by atoms with van der Waals surface area (Å²) < 4.78 is 93.4. The van der Waals surface area contributed by atoms with Crippen molar-refractivity contribution in [1.82, 2.24) is 9.71 Å². The first-order valence-electron chi connectivity index (χ1n) is 7.16. The third-order valence-electron chi connectivity index (χ3n) is 3.33. The van der Waals surface area contributed by atoms with Gasteiger partial charge in [0.1, 0.15) is 20.9 Å². The van der Waals surface area contributed by atoms with Gasteiger partial charge in [-0.05, 0) is 48.8 Å². The van der Waals surface area contributed by atoms with Gasteiger partial charge in [0.15, 0.2) is 11.6 Å². The van der Waals surface area contributed by atoms with Crippen LogP contribution in [-0.2, 0) is 16.9 Å². The highest BCUT2D eigenvalue weighted by Crippen LogP contribution is 2.39. The molecule has 0 aliphatic carbocycles. The van der Waals surface area contributed by atoms with E-state index in [1.807, 2.05) is 4.72 Å². The Morgan fingerprint density at radius 2 is 1.81 bits per heavy atom. The molecule has 150 valence electrons. The first kappa shape index (κ1) is 23.5. The molecule has 1 heterocycles. The summed E-state index contributed by atoms with van der Waals surface area (Å²) in [7, 11) is 0. The number of hydrogen-bond donors (Lipinski definition) is 2. The molecule has 3 atom stereocenters. The van der Waals surface area contributed by atoms with Gasteiger partial charge >= 0.3 is 6.18 Å². The van der Waals surface area contributed by atoms with Crippen LogP contribution in [0.4, 0.5) is 26.3 Å². The summed E-state index contributed by atoms with van der Waals surface area (Å²) in [5.41, 5.74) is -4.22. The van der Waals surface area contributed by atoms with Gasteiger partial charge in [-0.15, -0.1) is 4.72 Å². The molecule has 1 unspecified atom stereocenters. The Labute approximate surface area is 157 Å². The molecule has 0 radical (unpaired) electrons. The van der Waals surface area contributed by atoms with E-state index in [2.05, 4.69) is 20.9 Å². The molecule has 0 bridgehead atoms. The highest BCUT2D eigenvalue weighted by Gasteiger charge is 2.55. The maximum absolute atomic E-state index is 14.2. The van der Waals surface area contributed by atoms with Crippen molar-refractivity contribution in [2.75, 3.05) is 0 Å². The quantitative estimate of drug-likeness (QED) is 0.376. The molecule has 0 aliphatic rings. The second kappa shape index (κ2) is 8.21. The fourth-order valence-electron chi connectivity index (χ4n) is 1.89. The van der Waals surface area contributed by atoms with E-state index in [0.29, 0.717) is 0 Å². The summed E-state index contributed by atoms with van der Waals surface area (Å²) in [5.74, 6) is -1.33. The van der Waals surface area contributed by atoms with Crippen molar-refractivity contribution in [2.24, 2.45) is 0 Å². The summed E-state index contributed by atoms with van der Waals surface area (Å²) >= 11 is 0.522. The second-order valence-corrected chi connectivity index (χ2v) is 9.26. The van der Waals surface area contributed by atoms with Crippen LogP contribution in [-0.4, -0.2) is 38.1 Å². The highest BCUT2D eigenvalue weighted by molar-refractivity contribution is 9.10. The van der Waals surface area contributed by atoms with E-state index in [4.69, 9.17) is 0 Å². The van der Waals surface area contributed by atoms with Crippen molar-refractivity contribution in [3.8, 4) is 0 Å². The lowest BCUT2D eigenvalue weighted by Crippen LogP contribution is -2.58. The third-order valence-corrected chi connectivity index (χ3v) is 5.43. The first-order valence-corrected chi connectivity index (χ1v) is 9.10. The number of halogens is 7. The zero-order chi connectivity index (χ0) is 20.5. The zero-order valence-electron chi connectivity index (χ0n) is 13.9. The number of nitrogens with zero attached hydrogens (tertiary/aromatic N) is 1. The van der Waals surface area contributed by atoms with Crippen LogP contribution < -0.4 is 4.72 Å². The lowest BCUT2D eigenvalue weighted by atomic mass is 9.88. The van der Waals surface area contributed by atoms with Crippen LogP contribution in [0.1, 0.15) is 32.9 Å². The molecule has 1 aromatic heterocycles. The predicted octanol–water partition coefficient (Wildman–Crippen LogP) is 3.81. The van der Waals surface area contributed by atoms with E-state index in [1.54, 1.807) is 0 Å².